The molecule has 0 amide bonds. The fourth-order valence-corrected chi connectivity index (χ4v) is 5.83. The van der Waals surface area contributed by atoms with Crippen molar-refractivity contribution in [2.45, 2.75) is 24.9 Å². The third-order valence-corrected chi connectivity index (χ3v) is 7.35. The van der Waals surface area contributed by atoms with Gasteiger partial charge < -0.3 is 9.13 Å². The van der Waals surface area contributed by atoms with E-state index in [1.807, 2.05) is 12.1 Å². The van der Waals surface area contributed by atoms with E-state index >= 15 is 0 Å². The third-order valence-electron chi connectivity index (χ3n) is 7.35. The molecule has 1 fully saturated rings. The van der Waals surface area contributed by atoms with Crippen molar-refractivity contribution in [2.75, 3.05) is 0 Å². The van der Waals surface area contributed by atoms with Gasteiger partial charge in [0.05, 0.1) is 12.1 Å². The second kappa shape index (κ2) is 6.57. The van der Waals surface area contributed by atoms with Crippen molar-refractivity contribution in [3.8, 4) is 0 Å². The number of hydrogen-bond acceptors (Lipinski definition) is 1. The van der Waals surface area contributed by atoms with Crippen LogP contribution in [0.25, 0.3) is 43.6 Å². The van der Waals surface area contributed by atoms with Gasteiger partial charge in [-0.15, -0.1) is 0 Å². The minimum absolute atomic E-state index is 0.374. The van der Waals surface area contributed by atoms with Crippen molar-refractivity contribution in [1.82, 2.24) is 9.13 Å². The third kappa shape index (κ3) is 2.28. The van der Waals surface area contributed by atoms with Crippen LogP contribution in [0.3, 0.4) is 0 Å². The molecule has 7 rings (SSSR count). The van der Waals surface area contributed by atoms with Crippen molar-refractivity contribution in [1.29, 1.82) is 0 Å². The maximum absolute atomic E-state index is 11.4. The van der Waals surface area contributed by atoms with Crippen molar-refractivity contribution in [3.63, 3.8) is 0 Å². The Bertz CT molecular complexity index is 1620. The molecule has 0 aliphatic heterocycles. The normalized spacial score (nSPS) is 18.5. The number of rotatable bonds is 3. The Morgan fingerprint density at radius 2 is 1.00 bits per heavy atom. The average Bonchev–Trinajstić information content (AvgIpc) is 3.32. The van der Waals surface area contributed by atoms with Gasteiger partial charge in [0, 0.05) is 49.2 Å². The highest BCUT2D eigenvalue weighted by molar-refractivity contribution is 6.10. The van der Waals surface area contributed by atoms with E-state index in [1.54, 1.807) is 0 Å². The van der Waals surface area contributed by atoms with E-state index in [-0.39, 0.29) is 0 Å². The van der Waals surface area contributed by atoms with Gasteiger partial charge in [-0.1, -0.05) is 54.6 Å². The van der Waals surface area contributed by atoms with Crippen LogP contribution in [0.5, 0.6) is 0 Å². The maximum Gasteiger partial charge on any atom is 0.150 e. The topological polar surface area (TPSA) is 26.9 Å². The highest BCUT2D eigenvalue weighted by Gasteiger charge is 2.37. The molecule has 1 aliphatic carbocycles. The summed E-state index contributed by atoms with van der Waals surface area (Å²) in [7, 11) is 0. The summed E-state index contributed by atoms with van der Waals surface area (Å²) in [5.41, 5.74) is 5.82. The molecule has 32 heavy (non-hydrogen) atoms. The molecule has 0 radical (unpaired) electrons. The molecular formula is C29H22N2O. The second-order valence-corrected chi connectivity index (χ2v) is 8.90. The first-order valence-electron chi connectivity index (χ1n) is 11.3. The predicted molar refractivity (Wildman–Crippen MR) is 132 cm³/mol. The highest BCUT2D eigenvalue weighted by Crippen LogP contribution is 2.49. The molecule has 0 spiro atoms. The number of hydrogen-bond donors (Lipinski definition) is 0. The molecule has 0 saturated heterocycles. The summed E-state index contributed by atoms with van der Waals surface area (Å²) in [5, 5.41) is 5.04. The Hall–Kier alpha value is -3.85. The van der Waals surface area contributed by atoms with Crippen molar-refractivity contribution >= 4 is 49.9 Å². The van der Waals surface area contributed by atoms with E-state index < -0.39 is 0 Å². The monoisotopic (exact) mass is 414 g/mol. The summed E-state index contributed by atoms with van der Waals surface area (Å²) >= 11 is 0. The van der Waals surface area contributed by atoms with E-state index in [2.05, 4.69) is 88.0 Å². The summed E-state index contributed by atoms with van der Waals surface area (Å²) in [6.45, 7) is 0. The van der Waals surface area contributed by atoms with Gasteiger partial charge in [-0.3, -0.25) is 4.79 Å². The van der Waals surface area contributed by atoms with Gasteiger partial charge in [0.2, 0.25) is 0 Å². The summed E-state index contributed by atoms with van der Waals surface area (Å²) in [6, 6.07) is 33.0. The van der Waals surface area contributed by atoms with E-state index in [4.69, 9.17) is 0 Å². The van der Waals surface area contributed by atoms with Crippen LogP contribution in [0, 0.1) is 0 Å². The molecule has 2 unspecified atom stereocenters. The van der Waals surface area contributed by atoms with Gasteiger partial charge in [-0.2, -0.15) is 0 Å². The lowest BCUT2D eigenvalue weighted by molar-refractivity contribution is 0.112. The minimum Gasteiger partial charge on any atom is -0.335 e. The number of nitrogens with zero attached hydrogens (tertiary/aromatic N) is 2. The SMILES string of the molecule is O=Cc1ccc2c(c1)c1ccccc1n2C1CCC1n1c2ccccc2c2ccccc21. The number of para-hydroxylation sites is 3. The van der Waals surface area contributed by atoms with E-state index in [9.17, 15) is 4.79 Å². The molecule has 3 heteroatoms. The van der Waals surface area contributed by atoms with Crippen molar-refractivity contribution in [3.05, 3.63) is 96.6 Å². The standard InChI is InChI=1S/C29H22N2O/c32-18-19-13-14-27-23(17-19)22-9-3-6-12-26(22)31(27)29-16-15-28(29)30-24-10-4-1-7-20(24)21-8-2-5-11-25(21)30/h1-14,17-18,28-29H,15-16H2. The number of benzene rings is 4. The second-order valence-electron chi connectivity index (χ2n) is 8.90. The fourth-order valence-electron chi connectivity index (χ4n) is 5.83. The largest absolute Gasteiger partial charge is 0.335 e. The zero-order valence-electron chi connectivity index (χ0n) is 17.6. The van der Waals surface area contributed by atoms with Crippen molar-refractivity contribution < 1.29 is 4.79 Å². The molecule has 1 saturated carbocycles. The van der Waals surface area contributed by atoms with E-state index in [0.29, 0.717) is 12.1 Å². The smallest absolute Gasteiger partial charge is 0.150 e. The molecule has 6 aromatic rings. The molecule has 0 N–H and O–H groups in total. The maximum atomic E-state index is 11.4. The molecule has 2 heterocycles. The van der Waals surface area contributed by atoms with Crippen LogP contribution in [-0.4, -0.2) is 15.4 Å². The van der Waals surface area contributed by atoms with Crippen LogP contribution < -0.4 is 0 Å². The van der Waals surface area contributed by atoms with Crippen molar-refractivity contribution in [2.24, 2.45) is 0 Å². The molecule has 0 bridgehead atoms. The Labute approximate surface area is 185 Å². The Morgan fingerprint density at radius 3 is 1.47 bits per heavy atom. The van der Waals surface area contributed by atoms with Gasteiger partial charge in [0.25, 0.3) is 0 Å². The van der Waals surface area contributed by atoms with Crippen LogP contribution in [0.15, 0.2) is 91.0 Å². The lowest BCUT2D eigenvalue weighted by Crippen LogP contribution is -2.31. The van der Waals surface area contributed by atoms with E-state index in [1.165, 1.54) is 38.2 Å². The number of aromatic nitrogens is 2. The number of carbonyl (C=O) groups excluding carboxylic acids is 1. The molecule has 154 valence electrons. The fraction of sp³-hybridized carbons (Fsp3) is 0.138. The van der Waals surface area contributed by atoms with Crippen LogP contribution in [-0.2, 0) is 0 Å². The predicted octanol–water partition coefficient (Wildman–Crippen LogP) is 7.29. The zero-order chi connectivity index (χ0) is 21.2. The van der Waals surface area contributed by atoms with Gasteiger partial charge in [-0.05, 0) is 49.2 Å². The lowest BCUT2D eigenvalue weighted by Gasteiger charge is -2.40. The van der Waals surface area contributed by atoms with E-state index in [0.717, 1.165) is 30.1 Å². The van der Waals surface area contributed by atoms with Crippen LogP contribution in [0.4, 0.5) is 0 Å². The molecule has 2 aromatic heterocycles. The molecular weight excluding hydrogens is 392 g/mol. The molecule has 3 nitrogen and oxygen atoms in total. The Morgan fingerprint density at radius 1 is 0.562 bits per heavy atom. The van der Waals surface area contributed by atoms with Gasteiger partial charge in [-0.25, -0.2) is 0 Å². The first-order valence-corrected chi connectivity index (χ1v) is 11.3. The minimum atomic E-state index is 0.374. The highest BCUT2D eigenvalue weighted by atomic mass is 16.1. The summed E-state index contributed by atoms with van der Waals surface area (Å²) in [5.74, 6) is 0. The first kappa shape index (κ1) is 17.8. The lowest BCUT2D eigenvalue weighted by atomic mass is 9.85. The molecule has 2 atom stereocenters. The van der Waals surface area contributed by atoms with Gasteiger partial charge >= 0.3 is 0 Å². The van der Waals surface area contributed by atoms with Crippen LogP contribution >= 0.6 is 0 Å². The summed E-state index contributed by atoms with van der Waals surface area (Å²) in [6.07, 6.45) is 3.25. The molecule has 4 aromatic carbocycles. The van der Waals surface area contributed by atoms with Gasteiger partial charge in [0.1, 0.15) is 6.29 Å². The zero-order valence-corrected chi connectivity index (χ0v) is 17.6. The van der Waals surface area contributed by atoms with Gasteiger partial charge in [0.15, 0.2) is 0 Å². The van der Waals surface area contributed by atoms with Crippen LogP contribution in [0.1, 0.15) is 35.3 Å². The summed E-state index contributed by atoms with van der Waals surface area (Å²) in [4.78, 5) is 11.4. The summed E-state index contributed by atoms with van der Waals surface area (Å²) < 4.78 is 5.09. The number of carbonyl (C=O) groups is 1. The Kier molecular flexibility index (Phi) is 3.65. The molecule has 1 aliphatic rings. The first-order chi connectivity index (χ1) is 15.8. The number of fused-ring (bicyclic) bond motifs is 6. The Balaban J connectivity index is 1.49. The van der Waals surface area contributed by atoms with Crippen LogP contribution in [0.2, 0.25) is 0 Å². The average molecular weight is 415 g/mol. The number of aldehydes is 1. The quantitative estimate of drug-likeness (QED) is 0.279.